The first-order valence-corrected chi connectivity index (χ1v) is 11.5. The summed E-state index contributed by atoms with van der Waals surface area (Å²) in [6.45, 7) is 0. The van der Waals surface area contributed by atoms with Crippen molar-refractivity contribution in [3.63, 3.8) is 0 Å². The van der Waals surface area contributed by atoms with Gasteiger partial charge in [0.1, 0.15) is 0 Å². The fraction of sp³-hybridized carbons (Fsp3) is 0.571. The smallest absolute Gasteiger partial charge is 0.230 e. The van der Waals surface area contributed by atoms with Crippen molar-refractivity contribution < 1.29 is 4.79 Å². The van der Waals surface area contributed by atoms with Crippen molar-refractivity contribution in [1.82, 2.24) is 20.1 Å². The molecule has 4 bridgehead atoms. The van der Waals surface area contributed by atoms with Gasteiger partial charge >= 0.3 is 0 Å². The Morgan fingerprint density at radius 1 is 1.11 bits per heavy atom. The molecule has 6 rings (SSSR count). The van der Waals surface area contributed by atoms with Crippen LogP contribution < -0.4 is 5.32 Å². The lowest BCUT2D eigenvalue weighted by atomic mass is 9.54. The maximum absolute atomic E-state index is 12.6. The van der Waals surface area contributed by atoms with E-state index in [9.17, 15) is 4.79 Å². The van der Waals surface area contributed by atoms with Crippen LogP contribution in [0.3, 0.4) is 0 Å². The molecule has 0 aliphatic heterocycles. The Hall–Kier alpha value is -1.53. The summed E-state index contributed by atoms with van der Waals surface area (Å²) in [6, 6.07) is 7.94. The predicted octanol–water partition coefficient (Wildman–Crippen LogP) is 4.17. The maximum Gasteiger partial charge on any atom is 0.230 e. The SMILES string of the molecule is Cn1c(SCC(=O)NC2C3CC4CC(C3)CC2C4)nnc1-c1ccc(Cl)cc1. The van der Waals surface area contributed by atoms with Crippen LogP contribution in [0.5, 0.6) is 0 Å². The van der Waals surface area contributed by atoms with Crippen LogP contribution in [0, 0.1) is 23.7 Å². The molecule has 4 aliphatic rings. The number of carbonyl (C=O) groups excluding carboxylic acids is 1. The van der Waals surface area contributed by atoms with E-state index in [-0.39, 0.29) is 5.91 Å². The topological polar surface area (TPSA) is 59.8 Å². The molecule has 0 unspecified atom stereocenters. The fourth-order valence-electron chi connectivity index (χ4n) is 5.81. The van der Waals surface area contributed by atoms with Crippen LogP contribution in [0.4, 0.5) is 0 Å². The quantitative estimate of drug-likeness (QED) is 0.743. The van der Waals surface area contributed by atoms with E-state index >= 15 is 0 Å². The van der Waals surface area contributed by atoms with E-state index in [0.717, 1.165) is 28.4 Å². The molecule has 4 fully saturated rings. The third-order valence-electron chi connectivity index (χ3n) is 6.82. The zero-order chi connectivity index (χ0) is 19.3. The molecule has 0 radical (unpaired) electrons. The van der Waals surface area contributed by atoms with Crippen molar-refractivity contribution in [2.45, 2.75) is 43.3 Å². The van der Waals surface area contributed by atoms with Crippen LogP contribution in [0.1, 0.15) is 32.1 Å². The minimum atomic E-state index is 0.124. The second-order valence-corrected chi connectivity index (χ2v) is 10.1. The van der Waals surface area contributed by atoms with E-state index < -0.39 is 0 Å². The van der Waals surface area contributed by atoms with Gasteiger partial charge in [-0.25, -0.2) is 0 Å². The highest BCUT2D eigenvalue weighted by atomic mass is 35.5. The van der Waals surface area contributed by atoms with E-state index in [1.165, 1.54) is 43.9 Å². The van der Waals surface area contributed by atoms with E-state index in [0.29, 0.717) is 28.7 Å². The zero-order valence-electron chi connectivity index (χ0n) is 16.0. The van der Waals surface area contributed by atoms with Crippen molar-refractivity contribution >= 4 is 29.3 Å². The first-order valence-electron chi connectivity index (χ1n) is 10.1. The molecule has 28 heavy (non-hydrogen) atoms. The molecule has 1 amide bonds. The number of amides is 1. The molecule has 4 aliphatic carbocycles. The largest absolute Gasteiger partial charge is 0.352 e. The fourth-order valence-corrected chi connectivity index (χ4v) is 6.66. The van der Waals surface area contributed by atoms with E-state index in [1.54, 1.807) is 0 Å². The molecule has 0 saturated heterocycles. The van der Waals surface area contributed by atoms with Crippen LogP contribution in [0.25, 0.3) is 11.4 Å². The van der Waals surface area contributed by atoms with Crippen molar-refractivity contribution in [3.8, 4) is 11.4 Å². The monoisotopic (exact) mass is 416 g/mol. The molecule has 1 aromatic heterocycles. The average molecular weight is 417 g/mol. The summed E-state index contributed by atoms with van der Waals surface area (Å²) in [6.07, 6.45) is 6.71. The lowest BCUT2D eigenvalue weighted by molar-refractivity contribution is -0.122. The summed E-state index contributed by atoms with van der Waals surface area (Å²) in [7, 11) is 1.93. The third kappa shape index (κ3) is 3.45. The van der Waals surface area contributed by atoms with Crippen molar-refractivity contribution in [2.24, 2.45) is 30.7 Å². The van der Waals surface area contributed by atoms with Crippen LogP contribution >= 0.6 is 23.4 Å². The van der Waals surface area contributed by atoms with Gasteiger partial charge in [-0.3, -0.25) is 4.79 Å². The molecular formula is C21H25ClN4OS. The maximum atomic E-state index is 12.6. The minimum absolute atomic E-state index is 0.124. The lowest BCUT2D eigenvalue weighted by Crippen LogP contribution is -2.56. The van der Waals surface area contributed by atoms with E-state index in [4.69, 9.17) is 11.6 Å². The number of halogens is 1. The van der Waals surface area contributed by atoms with Gasteiger partial charge in [-0.15, -0.1) is 10.2 Å². The van der Waals surface area contributed by atoms with Gasteiger partial charge in [-0.05, 0) is 80.0 Å². The third-order valence-corrected chi connectivity index (χ3v) is 8.10. The Morgan fingerprint density at radius 3 is 2.39 bits per heavy atom. The first-order chi connectivity index (χ1) is 13.6. The molecule has 0 atom stereocenters. The highest BCUT2D eigenvalue weighted by Gasteiger charge is 2.48. The van der Waals surface area contributed by atoms with Gasteiger partial charge in [-0.2, -0.15) is 0 Å². The second kappa shape index (κ2) is 7.38. The summed E-state index contributed by atoms with van der Waals surface area (Å²) in [5, 5.41) is 13.4. The number of thioether (sulfide) groups is 1. The number of rotatable bonds is 5. The van der Waals surface area contributed by atoms with Crippen molar-refractivity contribution in [1.29, 1.82) is 0 Å². The molecule has 1 aromatic carbocycles. The number of hydrogen-bond donors (Lipinski definition) is 1. The van der Waals surface area contributed by atoms with Crippen molar-refractivity contribution in [2.75, 3.05) is 5.75 Å². The molecule has 5 nitrogen and oxygen atoms in total. The summed E-state index contributed by atoms with van der Waals surface area (Å²) in [5.74, 6) is 4.55. The summed E-state index contributed by atoms with van der Waals surface area (Å²) < 4.78 is 1.93. The number of carbonyl (C=O) groups is 1. The highest BCUT2D eigenvalue weighted by molar-refractivity contribution is 7.99. The number of nitrogens with one attached hydrogen (secondary N) is 1. The Morgan fingerprint density at radius 2 is 1.75 bits per heavy atom. The standard InChI is InChI=1S/C21H25ClN4OS/c1-26-20(14-2-4-17(22)5-3-14)24-25-21(26)28-11-18(27)23-19-15-7-12-6-13(9-15)10-16(19)8-12/h2-5,12-13,15-16,19H,6-11H2,1H3,(H,23,27). The Labute approximate surface area is 174 Å². The summed E-state index contributed by atoms with van der Waals surface area (Å²) in [5.41, 5.74) is 0.962. The average Bonchev–Trinajstić information content (AvgIpc) is 3.04. The van der Waals surface area contributed by atoms with Crippen LogP contribution in [0.2, 0.25) is 5.02 Å². The number of hydrogen-bond acceptors (Lipinski definition) is 4. The Balaban J connectivity index is 1.20. The van der Waals surface area contributed by atoms with Gasteiger partial charge in [0, 0.05) is 23.7 Å². The predicted molar refractivity (Wildman–Crippen MR) is 111 cm³/mol. The number of nitrogens with zero attached hydrogens (tertiary/aromatic N) is 3. The van der Waals surface area contributed by atoms with Gasteiger partial charge in [0.15, 0.2) is 11.0 Å². The van der Waals surface area contributed by atoms with Gasteiger partial charge in [0.05, 0.1) is 5.75 Å². The minimum Gasteiger partial charge on any atom is -0.352 e. The van der Waals surface area contributed by atoms with Gasteiger partial charge in [0.2, 0.25) is 5.91 Å². The molecule has 0 spiro atoms. The molecule has 1 heterocycles. The number of aromatic nitrogens is 3. The number of benzene rings is 1. The van der Waals surface area contributed by atoms with Crippen LogP contribution in [-0.2, 0) is 11.8 Å². The summed E-state index contributed by atoms with van der Waals surface area (Å²) >= 11 is 7.41. The van der Waals surface area contributed by atoms with Crippen molar-refractivity contribution in [3.05, 3.63) is 29.3 Å². The summed E-state index contributed by atoms with van der Waals surface area (Å²) in [4.78, 5) is 12.6. The van der Waals surface area contributed by atoms with Gasteiger partial charge in [-0.1, -0.05) is 23.4 Å². The zero-order valence-corrected chi connectivity index (χ0v) is 17.5. The van der Waals surface area contributed by atoms with E-state index in [1.807, 2.05) is 35.9 Å². The molecule has 148 valence electrons. The molecule has 4 saturated carbocycles. The molecule has 7 heteroatoms. The Kier molecular flexibility index (Phi) is 4.87. The van der Waals surface area contributed by atoms with Crippen LogP contribution in [0.15, 0.2) is 29.4 Å². The molecular weight excluding hydrogens is 392 g/mol. The lowest BCUT2D eigenvalue weighted by Gasteiger charge is -2.54. The second-order valence-electron chi connectivity index (χ2n) is 8.68. The van der Waals surface area contributed by atoms with Gasteiger partial charge < -0.3 is 9.88 Å². The molecule has 2 aromatic rings. The first kappa shape index (κ1) is 18.5. The normalized spacial score (nSPS) is 30.6. The van der Waals surface area contributed by atoms with Crippen LogP contribution in [-0.4, -0.2) is 32.5 Å². The molecule has 1 N–H and O–H groups in total. The Bertz CT molecular complexity index is 853. The highest BCUT2D eigenvalue weighted by Crippen LogP contribution is 2.53. The van der Waals surface area contributed by atoms with Gasteiger partial charge in [0.25, 0.3) is 0 Å². The van der Waals surface area contributed by atoms with E-state index in [2.05, 4.69) is 15.5 Å².